The Labute approximate surface area is 135 Å². The van der Waals surface area contributed by atoms with Gasteiger partial charge in [0.1, 0.15) is 5.82 Å². The molecule has 0 saturated carbocycles. The number of carbonyl (C=O) groups is 1. The third-order valence-corrected chi connectivity index (χ3v) is 3.80. The number of para-hydroxylation sites is 1. The first-order valence-corrected chi connectivity index (χ1v) is 7.58. The molecule has 0 bridgehead atoms. The minimum absolute atomic E-state index is 0.0640. The number of imidazole rings is 1. The molecule has 3 rings (SSSR count). The van der Waals surface area contributed by atoms with Gasteiger partial charge in [-0.2, -0.15) is 0 Å². The Morgan fingerprint density at radius 3 is 2.70 bits per heavy atom. The summed E-state index contributed by atoms with van der Waals surface area (Å²) >= 11 is 0. The number of carbonyl (C=O) groups excluding carboxylic acids is 1. The third kappa shape index (κ3) is 3.31. The summed E-state index contributed by atoms with van der Waals surface area (Å²) in [5.41, 5.74) is 3.84. The molecule has 0 atom stereocenters. The zero-order valence-corrected chi connectivity index (χ0v) is 13.3. The average Bonchev–Trinajstić information content (AvgIpc) is 2.99. The fourth-order valence-electron chi connectivity index (χ4n) is 2.59. The minimum Gasteiger partial charge on any atom is -0.348 e. The Morgan fingerprint density at radius 1 is 1.13 bits per heavy atom. The van der Waals surface area contributed by atoms with Crippen molar-refractivity contribution in [2.24, 2.45) is 0 Å². The van der Waals surface area contributed by atoms with Gasteiger partial charge in [-0.3, -0.25) is 4.79 Å². The Kier molecular flexibility index (Phi) is 4.24. The Hall–Kier alpha value is -2.88. The number of nitrogens with one attached hydrogen (secondary N) is 1. The van der Waals surface area contributed by atoms with Crippen LogP contribution in [0.25, 0.3) is 5.69 Å². The van der Waals surface area contributed by atoms with Gasteiger partial charge >= 0.3 is 0 Å². The molecule has 0 spiro atoms. The first-order valence-electron chi connectivity index (χ1n) is 7.58. The molecule has 1 N–H and O–H groups in total. The van der Waals surface area contributed by atoms with Crippen LogP contribution in [0.1, 0.15) is 27.3 Å². The summed E-state index contributed by atoms with van der Waals surface area (Å²) in [4.78, 5) is 16.6. The standard InChI is InChI=1S/C19H19N3O/c1-14-6-5-8-16(12-14)19(23)21-13-17-7-3-4-9-18(17)22-11-10-20-15(22)2/h3-12H,13H2,1-2H3,(H,21,23). The number of benzene rings is 2. The highest BCUT2D eigenvalue weighted by Gasteiger charge is 2.09. The van der Waals surface area contributed by atoms with Crippen LogP contribution in [-0.2, 0) is 6.54 Å². The lowest BCUT2D eigenvalue weighted by Crippen LogP contribution is -2.23. The summed E-state index contributed by atoms with van der Waals surface area (Å²) in [6.07, 6.45) is 3.70. The van der Waals surface area contributed by atoms with Gasteiger partial charge in [0.2, 0.25) is 0 Å². The number of hydrogen-bond donors (Lipinski definition) is 1. The van der Waals surface area contributed by atoms with E-state index in [0.29, 0.717) is 12.1 Å². The molecule has 2 aromatic carbocycles. The summed E-state index contributed by atoms with van der Waals surface area (Å²) in [6, 6.07) is 15.6. The normalized spacial score (nSPS) is 10.5. The zero-order valence-electron chi connectivity index (χ0n) is 13.3. The first-order chi connectivity index (χ1) is 11.1. The van der Waals surface area contributed by atoms with E-state index in [0.717, 1.165) is 22.6 Å². The Morgan fingerprint density at radius 2 is 1.96 bits per heavy atom. The van der Waals surface area contributed by atoms with Crippen molar-refractivity contribution >= 4 is 5.91 Å². The minimum atomic E-state index is -0.0640. The molecule has 4 heteroatoms. The van der Waals surface area contributed by atoms with E-state index in [1.165, 1.54) is 0 Å². The van der Waals surface area contributed by atoms with Crippen LogP contribution in [0.5, 0.6) is 0 Å². The number of aromatic nitrogens is 2. The molecule has 23 heavy (non-hydrogen) atoms. The molecule has 0 radical (unpaired) electrons. The van der Waals surface area contributed by atoms with Crippen LogP contribution in [0.4, 0.5) is 0 Å². The van der Waals surface area contributed by atoms with Gasteiger partial charge in [-0.15, -0.1) is 0 Å². The van der Waals surface area contributed by atoms with Crippen molar-refractivity contribution in [2.75, 3.05) is 0 Å². The topological polar surface area (TPSA) is 46.9 Å². The smallest absolute Gasteiger partial charge is 0.251 e. The van der Waals surface area contributed by atoms with Crippen LogP contribution >= 0.6 is 0 Å². The van der Waals surface area contributed by atoms with Gasteiger partial charge in [0.05, 0.1) is 5.69 Å². The molecule has 0 unspecified atom stereocenters. The molecule has 1 amide bonds. The third-order valence-electron chi connectivity index (χ3n) is 3.80. The van der Waals surface area contributed by atoms with E-state index in [9.17, 15) is 4.79 Å². The van der Waals surface area contributed by atoms with Crippen LogP contribution in [-0.4, -0.2) is 15.5 Å². The van der Waals surface area contributed by atoms with Crippen molar-refractivity contribution in [2.45, 2.75) is 20.4 Å². The van der Waals surface area contributed by atoms with Crippen LogP contribution in [0.2, 0.25) is 0 Å². The molecule has 0 aliphatic carbocycles. The molecule has 0 saturated heterocycles. The van der Waals surface area contributed by atoms with Gasteiger partial charge in [-0.25, -0.2) is 4.98 Å². The van der Waals surface area contributed by atoms with Crippen molar-refractivity contribution in [3.8, 4) is 5.69 Å². The number of aryl methyl sites for hydroxylation is 2. The highest BCUT2D eigenvalue weighted by atomic mass is 16.1. The molecule has 116 valence electrons. The number of amides is 1. The molecule has 0 aliphatic heterocycles. The predicted molar refractivity (Wildman–Crippen MR) is 90.7 cm³/mol. The van der Waals surface area contributed by atoms with Crippen LogP contribution in [0, 0.1) is 13.8 Å². The van der Waals surface area contributed by atoms with E-state index in [1.807, 2.05) is 73.1 Å². The molecule has 1 aromatic heterocycles. The van der Waals surface area contributed by atoms with E-state index in [1.54, 1.807) is 6.20 Å². The molecule has 0 fully saturated rings. The first kappa shape index (κ1) is 15.0. The lowest BCUT2D eigenvalue weighted by Gasteiger charge is -2.13. The van der Waals surface area contributed by atoms with Crippen molar-refractivity contribution < 1.29 is 4.79 Å². The van der Waals surface area contributed by atoms with E-state index in [-0.39, 0.29) is 5.91 Å². The molecule has 4 nitrogen and oxygen atoms in total. The van der Waals surface area contributed by atoms with Gasteiger partial charge in [-0.1, -0.05) is 35.9 Å². The van der Waals surface area contributed by atoms with Gasteiger partial charge < -0.3 is 9.88 Å². The maximum atomic E-state index is 12.3. The van der Waals surface area contributed by atoms with Crippen molar-refractivity contribution in [1.29, 1.82) is 0 Å². The Balaban J connectivity index is 1.79. The van der Waals surface area contributed by atoms with Crippen LogP contribution < -0.4 is 5.32 Å². The highest BCUT2D eigenvalue weighted by Crippen LogP contribution is 2.16. The van der Waals surface area contributed by atoms with E-state index in [4.69, 9.17) is 0 Å². The average molecular weight is 305 g/mol. The van der Waals surface area contributed by atoms with Gasteiger partial charge in [-0.05, 0) is 37.6 Å². The summed E-state index contributed by atoms with van der Waals surface area (Å²) in [5.74, 6) is 0.855. The lowest BCUT2D eigenvalue weighted by molar-refractivity contribution is 0.0951. The quantitative estimate of drug-likeness (QED) is 0.803. The lowest BCUT2D eigenvalue weighted by atomic mass is 10.1. The fourth-order valence-corrected chi connectivity index (χ4v) is 2.59. The maximum absolute atomic E-state index is 12.3. The van der Waals surface area contributed by atoms with Crippen molar-refractivity contribution in [1.82, 2.24) is 14.9 Å². The second kappa shape index (κ2) is 6.48. The Bertz CT molecular complexity index is 836. The fraction of sp³-hybridized carbons (Fsp3) is 0.158. The largest absolute Gasteiger partial charge is 0.348 e. The van der Waals surface area contributed by atoms with Crippen LogP contribution in [0.3, 0.4) is 0 Å². The van der Waals surface area contributed by atoms with Crippen molar-refractivity contribution in [3.63, 3.8) is 0 Å². The second-order valence-corrected chi connectivity index (χ2v) is 5.53. The molecule has 0 aliphatic rings. The summed E-state index contributed by atoms with van der Waals surface area (Å²) in [5, 5.41) is 2.99. The maximum Gasteiger partial charge on any atom is 0.251 e. The predicted octanol–water partition coefficient (Wildman–Crippen LogP) is 3.42. The summed E-state index contributed by atoms with van der Waals surface area (Å²) in [7, 11) is 0. The highest BCUT2D eigenvalue weighted by molar-refractivity contribution is 5.94. The number of hydrogen-bond acceptors (Lipinski definition) is 2. The van der Waals surface area contributed by atoms with Crippen molar-refractivity contribution in [3.05, 3.63) is 83.4 Å². The SMILES string of the molecule is Cc1cccc(C(=O)NCc2ccccc2-n2ccnc2C)c1. The van der Waals surface area contributed by atoms with E-state index >= 15 is 0 Å². The second-order valence-electron chi connectivity index (χ2n) is 5.53. The van der Waals surface area contributed by atoms with E-state index < -0.39 is 0 Å². The molecular weight excluding hydrogens is 286 g/mol. The van der Waals surface area contributed by atoms with E-state index in [2.05, 4.69) is 10.3 Å². The van der Waals surface area contributed by atoms with Crippen LogP contribution in [0.15, 0.2) is 60.9 Å². The molecule has 1 heterocycles. The molecular formula is C19H19N3O. The monoisotopic (exact) mass is 305 g/mol. The number of nitrogens with zero attached hydrogens (tertiary/aromatic N) is 2. The molecule has 3 aromatic rings. The summed E-state index contributed by atoms with van der Waals surface area (Å²) in [6.45, 7) is 4.41. The van der Waals surface area contributed by atoms with Gasteiger partial charge in [0.25, 0.3) is 5.91 Å². The van der Waals surface area contributed by atoms with Gasteiger partial charge in [0.15, 0.2) is 0 Å². The number of rotatable bonds is 4. The summed E-state index contributed by atoms with van der Waals surface area (Å²) < 4.78 is 2.02. The zero-order chi connectivity index (χ0) is 16.2. The van der Waals surface area contributed by atoms with Gasteiger partial charge in [0, 0.05) is 24.5 Å².